The molecule has 0 spiro atoms. The van der Waals surface area contributed by atoms with Gasteiger partial charge in [-0.2, -0.15) is 5.10 Å². The number of allylic oxidation sites excluding steroid dienone is 1. The number of hydrogen-bond donors (Lipinski definition) is 1. The molecule has 1 N–H and O–H groups in total. The molecule has 0 saturated carbocycles. The molecule has 0 radical (unpaired) electrons. The number of nitrogens with zero attached hydrogens (tertiary/aromatic N) is 3. The smallest absolute Gasteiger partial charge is 0.274 e. The second-order valence-electron chi connectivity index (χ2n) is 8.57. The van der Waals surface area contributed by atoms with E-state index in [9.17, 15) is 4.79 Å². The lowest BCUT2D eigenvalue weighted by molar-refractivity contribution is 0.0753. The fourth-order valence-electron chi connectivity index (χ4n) is 4.80. The monoisotopic (exact) mass is 392 g/mol. The van der Waals surface area contributed by atoms with E-state index in [0.29, 0.717) is 11.6 Å². The van der Waals surface area contributed by atoms with Crippen molar-refractivity contribution in [2.75, 3.05) is 19.6 Å². The fraction of sp³-hybridized carbons (Fsp3) is 0.500. The molecule has 1 atom stereocenters. The number of aromatic amines is 1. The molecular weight excluding hydrogens is 360 g/mol. The number of benzene rings is 1. The first-order valence-electron chi connectivity index (χ1n) is 10.9. The third-order valence-corrected chi connectivity index (χ3v) is 6.54. The molecule has 0 bridgehead atoms. The van der Waals surface area contributed by atoms with Gasteiger partial charge < -0.3 is 9.80 Å². The standard InChI is InChI=1S/C24H32N4O/c1-17(2)28-14-7-11-22-21(16-28)23(26-25-22)24(29)27-13-6-9-19(12-15-27)20-10-5-4-8-18(20)3/h4-5,8,10,19H,1,6-7,9,11-16H2,2-3H3,(H,25,26). The largest absolute Gasteiger partial charge is 0.371 e. The third kappa shape index (κ3) is 4.09. The van der Waals surface area contributed by atoms with Crippen LogP contribution in [0.1, 0.15) is 71.4 Å². The molecule has 0 aliphatic carbocycles. The molecule has 4 rings (SSSR count). The molecule has 2 aromatic rings. The molecule has 5 heteroatoms. The highest BCUT2D eigenvalue weighted by Crippen LogP contribution is 2.31. The predicted molar refractivity (Wildman–Crippen MR) is 116 cm³/mol. The molecule has 154 valence electrons. The van der Waals surface area contributed by atoms with E-state index in [0.717, 1.165) is 75.2 Å². The number of aryl methyl sites for hydroxylation is 2. The maximum absolute atomic E-state index is 13.4. The first kappa shape index (κ1) is 19.7. The molecule has 1 fully saturated rings. The molecular formula is C24H32N4O. The summed E-state index contributed by atoms with van der Waals surface area (Å²) in [5.41, 5.74) is 6.64. The van der Waals surface area contributed by atoms with Gasteiger partial charge in [0.1, 0.15) is 0 Å². The van der Waals surface area contributed by atoms with E-state index in [1.807, 2.05) is 11.8 Å². The number of H-pyrrole nitrogens is 1. The van der Waals surface area contributed by atoms with Gasteiger partial charge in [0, 0.05) is 43.1 Å². The van der Waals surface area contributed by atoms with Crippen LogP contribution in [0.5, 0.6) is 0 Å². The lowest BCUT2D eigenvalue weighted by Gasteiger charge is -2.24. The summed E-state index contributed by atoms with van der Waals surface area (Å²) < 4.78 is 0. The summed E-state index contributed by atoms with van der Waals surface area (Å²) in [7, 11) is 0. The minimum Gasteiger partial charge on any atom is -0.371 e. The summed E-state index contributed by atoms with van der Waals surface area (Å²) in [6.45, 7) is 11.6. The molecule has 1 amide bonds. The van der Waals surface area contributed by atoms with Crippen molar-refractivity contribution in [1.29, 1.82) is 0 Å². The number of fused-ring (bicyclic) bond motifs is 1. The van der Waals surface area contributed by atoms with Crippen molar-refractivity contribution in [2.45, 2.75) is 58.4 Å². The summed E-state index contributed by atoms with van der Waals surface area (Å²) >= 11 is 0. The van der Waals surface area contributed by atoms with Gasteiger partial charge in [-0.1, -0.05) is 30.8 Å². The van der Waals surface area contributed by atoms with E-state index in [4.69, 9.17) is 0 Å². The maximum Gasteiger partial charge on any atom is 0.274 e. The number of nitrogens with one attached hydrogen (secondary N) is 1. The maximum atomic E-state index is 13.4. The number of likely N-dealkylation sites (tertiary alicyclic amines) is 1. The van der Waals surface area contributed by atoms with Crippen LogP contribution in [0.4, 0.5) is 0 Å². The Morgan fingerprint density at radius 3 is 2.72 bits per heavy atom. The first-order chi connectivity index (χ1) is 14.0. The topological polar surface area (TPSA) is 52.2 Å². The van der Waals surface area contributed by atoms with Crippen LogP contribution in [-0.4, -0.2) is 45.5 Å². The molecule has 1 aromatic heterocycles. The normalized spacial score (nSPS) is 20.0. The van der Waals surface area contributed by atoms with Gasteiger partial charge in [-0.15, -0.1) is 0 Å². The van der Waals surface area contributed by atoms with Crippen molar-refractivity contribution in [3.63, 3.8) is 0 Å². The highest BCUT2D eigenvalue weighted by atomic mass is 16.2. The minimum absolute atomic E-state index is 0.0801. The molecule has 29 heavy (non-hydrogen) atoms. The molecule has 1 aromatic carbocycles. The van der Waals surface area contributed by atoms with Crippen LogP contribution in [0, 0.1) is 6.92 Å². The molecule has 1 saturated heterocycles. The molecule has 2 aliphatic rings. The summed E-state index contributed by atoms with van der Waals surface area (Å²) in [5.74, 6) is 0.612. The number of rotatable bonds is 3. The van der Waals surface area contributed by atoms with E-state index >= 15 is 0 Å². The van der Waals surface area contributed by atoms with Crippen LogP contribution in [-0.2, 0) is 13.0 Å². The van der Waals surface area contributed by atoms with Crippen LogP contribution < -0.4 is 0 Å². The Morgan fingerprint density at radius 2 is 1.93 bits per heavy atom. The van der Waals surface area contributed by atoms with Crippen molar-refractivity contribution in [2.24, 2.45) is 0 Å². The Kier molecular flexibility index (Phi) is 5.74. The van der Waals surface area contributed by atoms with E-state index in [1.165, 1.54) is 11.1 Å². The van der Waals surface area contributed by atoms with Crippen LogP contribution >= 0.6 is 0 Å². The van der Waals surface area contributed by atoms with Crippen LogP contribution in [0.2, 0.25) is 0 Å². The zero-order valence-corrected chi connectivity index (χ0v) is 17.7. The zero-order chi connectivity index (χ0) is 20.4. The van der Waals surface area contributed by atoms with Crippen LogP contribution in [0.15, 0.2) is 36.5 Å². The lowest BCUT2D eigenvalue weighted by atomic mass is 9.89. The Balaban J connectivity index is 1.50. The average Bonchev–Trinajstić information content (AvgIpc) is 2.89. The van der Waals surface area contributed by atoms with Gasteiger partial charge >= 0.3 is 0 Å². The summed E-state index contributed by atoms with van der Waals surface area (Å²) in [6, 6.07) is 8.66. The van der Waals surface area contributed by atoms with Crippen molar-refractivity contribution in [3.05, 3.63) is 64.6 Å². The highest BCUT2D eigenvalue weighted by Gasteiger charge is 2.29. The third-order valence-electron chi connectivity index (χ3n) is 6.54. The van der Waals surface area contributed by atoms with Crippen molar-refractivity contribution >= 4 is 5.91 Å². The van der Waals surface area contributed by atoms with Crippen LogP contribution in [0.3, 0.4) is 0 Å². The average molecular weight is 393 g/mol. The molecule has 1 unspecified atom stereocenters. The van der Waals surface area contributed by atoms with E-state index in [1.54, 1.807) is 0 Å². The fourth-order valence-corrected chi connectivity index (χ4v) is 4.80. The van der Waals surface area contributed by atoms with E-state index in [-0.39, 0.29) is 5.91 Å². The number of carbonyl (C=O) groups excluding carboxylic acids is 1. The van der Waals surface area contributed by atoms with Gasteiger partial charge in [-0.3, -0.25) is 9.89 Å². The lowest BCUT2D eigenvalue weighted by Crippen LogP contribution is -2.33. The van der Waals surface area contributed by atoms with Crippen molar-refractivity contribution < 1.29 is 4.79 Å². The van der Waals surface area contributed by atoms with E-state index in [2.05, 4.69) is 52.9 Å². The number of amides is 1. The Labute approximate surface area is 173 Å². The zero-order valence-electron chi connectivity index (χ0n) is 17.7. The predicted octanol–water partition coefficient (Wildman–Crippen LogP) is 4.41. The van der Waals surface area contributed by atoms with Gasteiger partial charge in [0.15, 0.2) is 5.69 Å². The summed E-state index contributed by atoms with van der Waals surface area (Å²) in [4.78, 5) is 17.7. The first-order valence-corrected chi connectivity index (χ1v) is 10.9. The van der Waals surface area contributed by atoms with Gasteiger partial charge in [0.05, 0.1) is 0 Å². The van der Waals surface area contributed by atoms with Crippen molar-refractivity contribution in [3.8, 4) is 0 Å². The minimum atomic E-state index is 0.0801. The molecule has 3 heterocycles. The van der Waals surface area contributed by atoms with Crippen LogP contribution in [0.25, 0.3) is 0 Å². The summed E-state index contributed by atoms with van der Waals surface area (Å²) in [5, 5.41) is 7.61. The number of carbonyl (C=O) groups is 1. The molecule has 2 aliphatic heterocycles. The second-order valence-corrected chi connectivity index (χ2v) is 8.57. The SMILES string of the molecule is C=C(C)N1CCCc2[nH]nc(C(=O)N3CCCC(c4ccccc4C)CC3)c2C1. The highest BCUT2D eigenvalue weighted by molar-refractivity contribution is 5.94. The van der Waals surface area contributed by atoms with Gasteiger partial charge in [-0.05, 0) is 63.0 Å². The summed E-state index contributed by atoms with van der Waals surface area (Å²) in [6.07, 6.45) is 5.18. The quantitative estimate of drug-likeness (QED) is 0.842. The van der Waals surface area contributed by atoms with Crippen molar-refractivity contribution in [1.82, 2.24) is 20.0 Å². The number of hydrogen-bond acceptors (Lipinski definition) is 3. The second kappa shape index (κ2) is 8.44. The van der Waals surface area contributed by atoms with Gasteiger partial charge in [0.25, 0.3) is 5.91 Å². The van der Waals surface area contributed by atoms with Gasteiger partial charge in [0.2, 0.25) is 0 Å². The van der Waals surface area contributed by atoms with E-state index < -0.39 is 0 Å². The Bertz CT molecular complexity index is 900. The Hall–Kier alpha value is -2.56. The number of aromatic nitrogens is 2. The molecule has 5 nitrogen and oxygen atoms in total. The van der Waals surface area contributed by atoms with Gasteiger partial charge in [-0.25, -0.2) is 0 Å². The Morgan fingerprint density at radius 1 is 1.14 bits per heavy atom.